The van der Waals surface area contributed by atoms with E-state index in [1.807, 2.05) is 72.4 Å². The highest BCUT2D eigenvalue weighted by Crippen LogP contribution is 2.26. The number of carbonyl (C=O) groups excluding carboxylic acids is 2. The van der Waals surface area contributed by atoms with Crippen LogP contribution in [0.3, 0.4) is 0 Å². The minimum atomic E-state index is -0.167. The van der Waals surface area contributed by atoms with Crippen LogP contribution in [-0.4, -0.2) is 45.5 Å². The molecule has 1 saturated heterocycles. The number of amides is 2. The lowest BCUT2D eigenvalue weighted by Crippen LogP contribution is -2.47. The van der Waals surface area contributed by atoms with Gasteiger partial charge in [0.1, 0.15) is 0 Å². The molecule has 0 saturated carbocycles. The van der Waals surface area contributed by atoms with Crippen molar-refractivity contribution in [1.82, 2.24) is 5.32 Å². The van der Waals surface area contributed by atoms with E-state index in [0.717, 1.165) is 17.9 Å². The molecule has 3 rings (SSSR count). The number of para-hydroxylation sites is 2. The maximum atomic E-state index is 12.6. The van der Waals surface area contributed by atoms with Crippen molar-refractivity contribution in [1.29, 1.82) is 0 Å². The van der Waals surface area contributed by atoms with Crippen LogP contribution in [0.5, 0.6) is 0 Å². The Morgan fingerprint density at radius 2 is 1.84 bits per heavy atom. The standard InChI is InChI=1S/C19H22N4O2/c1-22(2)15-9-7-14(8-10-15)19(25)21-16-5-3-4-6-17(16)23-12-11-20-18(24)13-23/h3-10H,11-13H2,1-2H3,(H,20,24)(H,21,25). The predicted molar refractivity (Wildman–Crippen MR) is 100 cm³/mol. The predicted octanol–water partition coefficient (Wildman–Crippen LogP) is 1.94. The van der Waals surface area contributed by atoms with Crippen molar-refractivity contribution in [2.75, 3.05) is 48.8 Å². The Morgan fingerprint density at radius 3 is 2.52 bits per heavy atom. The summed E-state index contributed by atoms with van der Waals surface area (Å²) in [5.41, 5.74) is 3.20. The molecule has 2 N–H and O–H groups in total. The van der Waals surface area contributed by atoms with E-state index in [0.29, 0.717) is 24.3 Å². The Kier molecular flexibility index (Phi) is 4.88. The van der Waals surface area contributed by atoms with Crippen LogP contribution >= 0.6 is 0 Å². The van der Waals surface area contributed by atoms with Gasteiger partial charge in [0.15, 0.2) is 0 Å². The largest absolute Gasteiger partial charge is 0.378 e. The van der Waals surface area contributed by atoms with Crippen LogP contribution < -0.4 is 20.4 Å². The number of anilines is 3. The zero-order chi connectivity index (χ0) is 17.8. The smallest absolute Gasteiger partial charge is 0.255 e. The molecule has 1 aliphatic heterocycles. The molecule has 0 radical (unpaired) electrons. The molecule has 6 heteroatoms. The topological polar surface area (TPSA) is 64.7 Å². The monoisotopic (exact) mass is 338 g/mol. The molecule has 1 fully saturated rings. The minimum Gasteiger partial charge on any atom is -0.378 e. The van der Waals surface area contributed by atoms with Gasteiger partial charge in [0.05, 0.1) is 17.9 Å². The summed E-state index contributed by atoms with van der Waals surface area (Å²) in [4.78, 5) is 28.2. The highest BCUT2D eigenvalue weighted by molar-refractivity contribution is 6.06. The zero-order valence-electron chi connectivity index (χ0n) is 14.5. The molecular formula is C19H22N4O2. The summed E-state index contributed by atoms with van der Waals surface area (Å²) in [7, 11) is 3.92. The Hall–Kier alpha value is -3.02. The van der Waals surface area contributed by atoms with Crippen LogP contribution in [-0.2, 0) is 4.79 Å². The Bertz CT molecular complexity index is 771. The van der Waals surface area contributed by atoms with Gasteiger partial charge in [-0.05, 0) is 36.4 Å². The van der Waals surface area contributed by atoms with E-state index < -0.39 is 0 Å². The molecular weight excluding hydrogens is 316 g/mol. The van der Waals surface area contributed by atoms with Gasteiger partial charge >= 0.3 is 0 Å². The second kappa shape index (κ2) is 7.25. The van der Waals surface area contributed by atoms with Crippen LogP contribution in [0.4, 0.5) is 17.1 Å². The van der Waals surface area contributed by atoms with E-state index in [1.165, 1.54) is 0 Å². The molecule has 2 amide bonds. The molecule has 130 valence electrons. The van der Waals surface area contributed by atoms with E-state index in [9.17, 15) is 9.59 Å². The van der Waals surface area contributed by atoms with Crippen LogP contribution in [0.15, 0.2) is 48.5 Å². The van der Waals surface area contributed by atoms with Crippen LogP contribution in [0.25, 0.3) is 0 Å². The van der Waals surface area contributed by atoms with Gasteiger partial charge in [-0.3, -0.25) is 9.59 Å². The molecule has 1 heterocycles. The summed E-state index contributed by atoms with van der Waals surface area (Å²) in [6.07, 6.45) is 0. The number of hydrogen-bond donors (Lipinski definition) is 2. The normalized spacial score (nSPS) is 14.0. The summed E-state index contributed by atoms with van der Waals surface area (Å²) < 4.78 is 0. The molecule has 6 nitrogen and oxygen atoms in total. The van der Waals surface area contributed by atoms with Crippen molar-refractivity contribution < 1.29 is 9.59 Å². The lowest BCUT2D eigenvalue weighted by Gasteiger charge is -2.30. The number of nitrogens with one attached hydrogen (secondary N) is 2. The van der Waals surface area contributed by atoms with Gasteiger partial charge in [0.25, 0.3) is 5.91 Å². The quantitative estimate of drug-likeness (QED) is 0.894. The molecule has 0 atom stereocenters. The Morgan fingerprint density at radius 1 is 1.12 bits per heavy atom. The fourth-order valence-corrected chi connectivity index (χ4v) is 2.80. The molecule has 2 aromatic rings. The maximum Gasteiger partial charge on any atom is 0.255 e. The van der Waals surface area contributed by atoms with Gasteiger partial charge in [-0.25, -0.2) is 0 Å². The van der Waals surface area contributed by atoms with E-state index in [2.05, 4.69) is 10.6 Å². The highest BCUT2D eigenvalue weighted by atomic mass is 16.2. The first-order valence-corrected chi connectivity index (χ1v) is 8.24. The molecule has 0 unspecified atom stereocenters. The Balaban J connectivity index is 1.78. The minimum absolute atomic E-state index is 0.00773. The second-order valence-electron chi connectivity index (χ2n) is 6.18. The van der Waals surface area contributed by atoms with Gasteiger partial charge in [-0.15, -0.1) is 0 Å². The first-order chi connectivity index (χ1) is 12.0. The van der Waals surface area contributed by atoms with Crippen LogP contribution in [0, 0.1) is 0 Å². The van der Waals surface area contributed by atoms with Crippen molar-refractivity contribution in [2.45, 2.75) is 0 Å². The highest BCUT2D eigenvalue weighted by Gasteiger charge is 2.19. The zero-order valence-corrected chi connectivity index (χ0v) is 14.5. The third-order valence-corrected chi connectivity index (χ3v) is 4.18. The average Bonchev–Trinajstić information content (AvgIpc) is 2.62. The molecule has 25 heavy (non-hydrogen) atoms. The van der Waals surface area contributed by atoms with Crippen molar-refractivity contribution in [2.24, 2.45) is 0 Å². The number of carbonyl (C=O) groups is 2. The van der Waals surface area contributed by atoms with Crippen molar-refractivity contribution in [3.05, 3.63) is 54.1 Å². The van der Waals surface area contributed by atoms with Crippen molar-refractivity contribution in [3.63, 3.8) is 0 Å². The molecule has 0 aromatic heterocycles. The first-order valence-electron chi connectivity index (χ1n) is 8.24. The summed E-state index contributed by atoms with van der Waals surface area (Å²) in [5, 5.41) is 5.77. The lowest BCUT2D eigenvalue weighted by atomic mass is 10.1. The van der Waals surface area contributed by atoms with Gasteiger partial charge in [0.2, 0.25) is 5.91 Å². The molecule has 1 aliphatic rings. The first kappa shape index (κ1) is 16.8. The van der Waals surface area contributed by atoms with Crippen LogP contribution in [0.1, 0.15) is 10.4 Å². The van der Waals surface area contributed by atoms with Crippen molar-refractivity contribution in [3.8, 4) is 0 Å². The number of hydrogen-bond acceptors (Lipinski definition) is 4. The number of nitrogens with zero attached hydrogens (tertiary/aromatic N) is 2. The third kappa shape index (κ3) is 3.91. The molecule has 0 spiro atoms. The SMILES string of the molecule is CN(C)c1ccc(C(=O)Nc2ccccc2N2CCNC(=O)C2)cc1. The molecule has 0 bridgehead atoms. The van der Waals surface area contributed by atoms with Crippen LogP contribution in [0.2, 0.25) is 0 Å². The number of rotatable bonds is 4. The number of benzene rings is 2. The molecule has 0 aliphatic carbocycles. The third-order valence-electron chi connectivity index (χ3n) is 4.18. The fourth-order valence-electron chi connectivity index (χ4n) is 2.80. The summed E-state index contributed by atoms with van der Waals surface area (Å²) in [6.45, 7) is 1.62. The molecule has 2 aromatic carbocycles. The van der Waals surface area contributed by atoms with E-state index in [1.54, 1.807) is 0 Å². The Labute approximate surface area is 147 Å². The lowest BCUT2D eigenvalue weighted by molar-refractivity contribution is -0.120. The van der Waals surface area contributed by atoms with E-state index >= 15 is 0 Å². The number of piperazine rings is 1. The van der Waals surface area contributed by atoms with Gasteiger partial charge < -0.3 is 20.4 Å². The maximum absolute atomic E-state index is 12.6. The second-order valence-corrected chi connectivity index (χ2v) is 6.18. The fraction of sp³-hybridized carbons (Fsp3) is 0.263. The summed E-state index contributed by atoms with van der Waals surface area (Å²) >= 11 is 0. The average molecular weight is 338 g/mol. The van der Waals surface area contributed by atoms with Crippen molar-refractivity contribution >= 4 is 28.9 Å². The summed E-state index contributed by atoms with van der Waals surface area (Å²) in [6, 6.07) is 15.0. The summed E-state index contributed by atoms with van der Waals surface area (Å²) in [5.74, 6) is -0.175. The van der Waals surface area contributed by atoms with E-state index in [-0.39, 0.29) is 11.8 Å². The van der Waals surface area contributed by atoms with Gasteiger partial charge in [-0.1, -0.05) is 12.1 Å². The van der Waals surface area contributed by atoms with E-state index in [4.69, 9.17) is 0 Å². The van der Waals surface area contributed by atoms with Gasteiger partial charge in [0, 0.05) is 38.4 Å². The van der Waals surface area contributed by atoms with Gasteiger partial charge in [-0.2, -0.15) is 0 Å².